The van der Waals surface area contributed by atoms with Gasteiger partial charge in [0.05, 0.1) is 7.11 Å². The quantitative estimate of drug-likeness (QED) is 0.828. The molecule has 134 valence electrons. The zero-order chi connectivity index (χ0) is 17.5. The topological polar surface area (TPSA) is 53.0 Å². The number of likely N-dealkylation sites (tertiary alicyclic amines) is 1. The minimum atomic E-state index is -0.974. The number of hydrogen-bond donors (Lipinski definition) is 1. The van der Waals surface area contributed by atoms with Gasteiger partial charge in [-0.05, 0) is 50.7 Å². The summed E-state index contributed by atoms with van der Waals surface area (Å²) in [7, 11) is 3.17. The summed E-state index contributed by atoms with van der Waals surface area (Å²) in [5, 5.41) is 9.59. The number of carboxylic acids is 1. The van der Waals surface area contributed by atoms with Gasteiger partial charge in [0, 0.05) is 13.1 Å². The zero-order valence-electron chi connectivity index (χ0n) is 14.5. The van der Waals surface area contributed by atoms with Gasteiger partial charge in [-0.3, -0.25) is 9.69 Å². The first kappa shape index (κ1) is 18.7. The van der Waals surface area contributed by atoms with E-state index in [2.05, 4.69) is 4.90 Å². The van der Waals surface area contributed by atoms with Crippen molar-refractivity contribution in [1.82, 2.24) is 9.80 Å². The van der Waals surface area contributed by atoms with Gasteiger partial charge in [0.1, 0.15) is 6.04 Å². The van der Waals surface area contributed by atoms with Gasteiger partial charge in [-0.1, -0.05) is 18.9 Å². The minimum Gasteiger partial charge on any atom is -0.494 e. The Kier molecular flexibility index (Phi) is 6.99. The molecule has 1 heterocycles. The molecule has 1 aliphatic rings. The molecule has 1 saturated heterocycles. The highest BCUT2D eigenvalue weighted by Gasteiger charge is 2.26. The Morgan fingerprint density at radius 2 is 2.00 bits per heavy atom. The molecule has 1 N–H and O–H groups in total. The van der Waals surface area contributed by atoms with Crippen LogP contribution in [0.15, 0.2) is 18.2 Å². The third-order valence-electron chi connectivity index (χ3n) is 4.63. The summed E-state index contributed by atoms with van der Waals surface area (Å²) in [5.74, 6) is -1.39. The van der Waals surface area contributed by atoms with Crippen LogP contribution in [0, 0.1) is 5.82 Å². The number of benzene rings is 1. The minimum absolute atomic E-state index is 0.120. The third-order valence-corrected chi connectivity index (χ3v) is 4.63. The monoisotopic (exact) mass is 338 g/mol. The number of ether oxygens (including phenoxy) is 1. The molecular formula is C18H27FN2O3. The van der Waals surface area contributed by atoms with Crippen molar-refractivity contribution < 1.29 is 19.0 Å². The number of nitrogens with zero attached hydrogens (tertiary/aromatic N) is 2. The molecule has 0 saturated carbocycles. The lowest BCUT2D eigenvalue weighted by Gasteiger charge is -2.28. The summed E-state index contributed by atoms with van der Waals surface area (Å²) in [5.41, 5.74) is 0.430. The molecule has 2 rings (SSSR count). The first-order chi connectivity index (χ1) is 11.5. The molecule has 5 nitrogen and oxygen atoms in total. The second kappa shape index (κ2) is 8.99. The smallest absolute Gasteiger partial charge is 0.325 e. The fourth-order valence-electron chi connectivity index (χ4n) is 3.23. The van der Waals surface area contributed by atoms with E-state index in [0.717, 1.165) is 19.6 Å². The van der Waals surface area contributed by atoms with E-state index in [1.807, 2.05) is 0 Å². The molecule has 1 aromatic carbocycles. The van der Waals surface area contributed by atoms with Crippen molar-refractivity contribution in [2.24, 2.45) is 0 Å². The number of methoxy groups -OCH3 is 1. The molecule has 0 spiro atoms. The van der Waals surface area contributed by atoms with Crippen LogP contribution in [-0.2, 0) is 4.79 Å². The fourth-order valence-corrected chi connectivity index (χ4v) is 3.23. The third kappa shape index (κ3) is 4.92. The van der Waals surface area contributed by atoms with E-state index in [9.17, 15) is 14.3 Å². The lowest BCUT2D eigenvalue weighted by Crippen LogP contribution is -2.38. The second-order valence-electron chi connectivity index (χ2n) is 6.37. The Morgan fingerprint density at radius 3 is 2.54 bits per heavy atom. The average Bonchev–Trinajstić information content (AvgIpc) is 2.81. The number of halogens is 1. The van der Waals surface area contributed by atoms with E-state index in [1.165, 1.54) is 44.9 Å². The highest BCUT2D eigenvalue weighted by atomic mass is 19.1. The number of aliphatic carboxylic acids is 1. The van der Waals surface area contributed by atoms with Crippen LogP contribution in [0.2, 0.25) is 0 Å². The Morgan fingerprint density at radius 1 is 1.33 bits per heavy atom. The number of hydrogen-bond acceptors (Lipinski definition) is 4. The number of rotatable bonds is 7. The van der Waals surface area contributed by atoms with Crippen LogP contribution in [-0.4, -0.2) is 61.2 Å². The number of carbonyl (C=O) groups is 1. The van der Waals surface area contributed by atoms with Crippen LogP contribution in [0.4, 0.5) is 4.39 Å². The van der Waals surface area contributed by atoms with E-state index in [1.54, 1.807) is 18.0 Å². The van der Waals surface area contributed by atoms with E-state index in [0.29, 0.717) is 12.1 Å². The molecule has 24 heavy (non-hydrogen) atoms. The highest BCUT2D eigenvalue weighted by molar-refractivity contribution is 5.75. The van der Waals surface area contributed by atoms with Crippen molar-refractivity contribution in [2.75, 3.05) is 40.3 Å². The molecule has 0 radical (unpaired) electrons. The van der Waals surface area contributed by atoms with Crippen LogP contribution in [0.1, 0.15) is 37.3 Å². The summed E-state index contributed by atoms with van der Waals surface area (Å²) >= 11 is 0. The molecule has 1 fully saturated rings. The predicted octanol–water partition coefficient (Wildman–Crippen LogP) is 2.77. The maximum Gasteiger partial charge on any atom is 0.325 e. The Bertz CT molecular complexity index is 545. The average molecular weight is 338 g/mol. The number of carboxylic acid groups (broad SMARTS) is 1. The van der Waals surface area contributed by atoms with Crippen molar-refractivity contribution >= 4 is 5.97 Å². The van der Waals surface area contributed by atoms with Crippen LogP contribution < -0.4 is 4.74 Å². The largest absolute Gasteiger partial charge is 0.494 e. The lowest BCUT2D eigenvalue weighted by atomic mass is 10.1. The summed E-state index contributed by atoms with van der Waals surface area (Å²) in [6.45, 7) is 3.61. The summed E-state index contributed by atoms with van der Waals surface area (Å²) in [6.07, 6.45) is 4.95. The normalized spacial score (nSPS) is 17.5. The maximum absolute atomic E-state index is 13.9. The van der Waals surface area contributed by atoms with Crippen LogP contribution in [0.25, 0.3) is 0 Å². The Labute approximate surface area is 143 Å². The highest BCUT2D eigenvalue weighted by Crippen LogP contribution is 2.25. The van der Waals surface area contributed by atoms with Gasteiger partial charge in [-0.15, -0.1) is 0 Å². The number of likely N-dealkylation sites (N-methyl/N-ethyl adjacent to an activating group) is 1. The molecule has 0 aliphatic carbocycles. The maximum atomic E-state index is 13.9. The molecule has 0 aromatic heterocycles. The molecule has 1 unspecified atom stereocenters. The van der Waals surface area contributed by atoms with Crippen LogP contribution in [0.3, 0.4) is 0 Å². The SMILES string of the molecule is COc1ccc(C(C(=O)O)N(C)CCN2CCCCCC2)cc1F. The Balaban J connectivity index is 2.03. The van der Waals surface area contributed by atoms with Gasteiger partial charge in [0.2, 0.25) is 0 Å². The van der Waals surface area contributed by atoms with E-state index in [-0.39, 0.29) is 5.75 Å². The van der Waals surface area contributed by atoms with E-state index >= 15 is 0 Å². The second-order valence-corrected chi connectivity index (χ2v) is 6.37. The van der Waals surface area contributed by atoms with Crippen molar-refractivity contribution in [3.05, 3.63) is 29.6 Å². The van der Waals surface area contributed by atoms with E-state index in [4.69, 9.17) is 4.74 Å². The van der Waals surface area contributed by atoms with Gasteiger partial charge in [0.15, 0.2) is 11.6 Å². The molecular weight excluding hydrogens is 311 g/mol. The van der Waals surface area contributed by atoms with E-state index < -0.39 is 17.8 Å². The molecule has 0 amide bonds. The summed E-state index contributed by atoms with van der Waals surface area (Å²) in [4.78, 5) is 15.9. The van der Waals surface area contributed by atoms with Crippen molar-refractivity contribution in [3.63, 3.8) is 0 Å². The van der Waals surface area contributed by atoms with Crippen molar-refractivity contribution in [3.8, 4) is 5.75 Å². The molecule has 6 heteroatoms. The van der Waals surface area contributed by atoms with Gasteiger partial charge in [-0.2, -0.15) is 0 Å². The fraction of sp³-hybridized carbons (Fsp3) is 0.611. The van der Waals surface area contributed by atoms with Gasteiger partial charge in [-0.25, -0.2) is 4.39 Å². The Hall–Kier alpha value is -1.66. The molecule has 1 atom stereocenters. The molecule has 0 bridgehead atoms. The predicted molar refractivity (Wildman–Crippen MR) is 90.9 cm³/mol. The van der Waals surface area contributed by atoms with Crippen LogP contribution >= 0.6 is 0 Å². The lowest BCUT2D eigenvalue weighted by molar-refractivity contribution is -0.143. The van der Waals surface area contributed by atoms with Gasteiger partial charge >= 0.3 is 5.97 Å². The molecule has 1 aromatic rings. The van der Waals surface area contributed by atoms with Crippen LogP contribution in [0.5, 0.6) is 5.75 Å². The summed E-state index contributed by atoms with van der Waals surface area (Å²) in [6, 6.07) is 3.48. The van der Waals surface area contributed by atoms with Gasteiger partial charge < -0.3 is 14.7 Å². The summed E-state index contributed by atoms with van der Waals surface area (Å²) < 4.78 is 18.8. The molecule has 1 aliphatic heterocycles. The standard InChI is InChI=1S/C18H27FN2O3/c1-20(11-12-21-9-5-3-4-6-10-21)17(18(22)23)14-7-8-16(24-2)15(19)13-14/h7-8,13,17H,3-6,9-12H2,1-2H3,(H,22,23). The van der Waals surface area contributed by atoms with Gasteiger partial charge in [0.25, 0.3) is 0 Å². The van der Waals surface area contributed by atoms with Crippen molar-refractivity contribution in [2.45, 2.75) is 31.7 Å². The first-order valence-electron chi connectivity index (χ1n) is 8.51. The zero-order valence-corrected chi connectivity index (χ0v) is 14.5. The first-order valence-corrected chi connectivity index (χ1v) is 8.51. The van der Waals surface area contributed by atoms with Crippen molar-refractivity contribution in [1.29, 1.82) is 0 Å².